The first-order valence-electron chi connectivity index (χ1n) is 5.83. The van der Waals surface area contributed by atoms with Crippen molar-refractivity contribution < 1.29 is 13.9 Å². The highest BCUT2D eigenvalue weighted by Gasteiger charge is 2.06. The molecular formula is C15H12ClFO2. The van der Waals surface area contributed by atoms with Gasteiger partial charge in [-0.3, -0.25) is 4.79 Å². The van der Waals surface area contributed by atoms with Crippen LogP contribution < -0.4 is 4.74 Å². The van der Waals surface area contributed by atoms with E-state index in [9.17, 15) is 9.18 Å². The zero-order valence-corrected chi connectivity index (χ0v) is 10.9. The summed E-state index contributed by atoms with van der Waals surface area (Å²) in [6, 6.07) is 13.1. The number of ketones is 1. The van der Waals surface area contributed by atoms with E-state index in [2.05, 4.69) is 0 Å². The molecule has 0 aliphatic rings. The number of halogens is 2. The van der Waals surface area contributed by atoms with Crippen LogP contribution in [0.25, 0.3) is 0 Å². The lowest BCUT2D eigenvalue weighted by Crippen LogP contribution is -2.06. The van der Waals surface area contributed by atoms with Crippen molar-refractivity contribution in [2.45, 2.75) is 6.42 Å². The number of benzene rings is 2. The Bertz CT molecular complexity index is 570. The summed E-state index contributed by atoms with van der Waals surface area (Å²) in [7, 11) is 0. The largest absolute Gasteiger partial charge is 0.493 e. The Morgan fingerprint density at radius 1 is 1.16 bits per heavy atom. The number of hydrogen-bond donors (Lipinski definition) is 0. The molecule has 19 heavy (non-hydrogen) atoms. The fourth-order valence-electron chi connectivity index (χ4n) is 1.60. The number of ether oxygens (including phenoxy) is 1. The third kappa shape index (κ3) is 3.80. The molecular weight excluding hydrogens is 267 g/mol. The topological polar surface area (TPSA) is 26.3 Å². The van der Waals surface area contributed by atoms with Crippen molar-refractivity contribution in [3.63, 3.8) is 0 Å². The number of hydrogen-bond acceptors (Lipinski definition) is 2. The fourth-order valence-corrected chi connectivity index (χ4v) is 1.77. The van der Waals surface area contributed by atoms with Gasteiger partial charge in [-0.05, 0) is 12.1 Å². The zero-order chi connectivity index (χ0) is 13.7. The Kier molecular flexibility index (Phi) is 4.53. The highest BCUT2D eigenvalue weighted by atomic mass is 35.5. The van der Waals surface area contributed by atoms with Gasteiger partial charge < -0.3 is 4.74 Å². The molecule has 0 aliphatic heterocycles. The smallest absolute Gasteiger partial charge is 0.166 e. The van der Waals surface area contributed by atoms with Crippen LogP contribution in [-0.2, 0) is 0 Å². The minimum absolute atomic E-state index is 0.00638. The molecule has 0 aliphatic carbocycles. The molecule has 0 amide bonds. The lowest BCUT2D eigenvalue weighted by Gasteiger charge is -2.06. The van der Waals surface area contributed by atoms with Gasteiger partial charge in [0.05, 0.1) is 11.6 Å². The second-order valence-electron chi connectivity index (χ2n) is 3.96. The van der Waals surface area contributed by atoms with Crippen LogP contribution in [0.15, 0.2) is 48.5 Å². The molecule has 2 rings (SSSR count). The van der Waals surface area contributed by atoms with Crippen molar-refractivity contribution >= 4 is 17.4 Å². The molecule has 0 heterocycles. The van der Waals surface area contributed by atoms with Crippen molar-refractivity contribution in [2.24, 2.45) is 0 Å². The van der Waals surface area contributed by atoms with Crippen LogP contribution in [0.2, 0.25) is 5.02 Å². The molecule has 98 valence electrons. The van der Waals surface area contributed by atoms with Crippen LogP contribution in [0.5, 0.6) is 5.75 Å². The summed E-state index contributed by atoms with van der Waals surface area (Å²) in [5.74, 6) is -0.0320. The fraction of sp³-hybridized carbons (Fsp3) is 0.133. The quantitative estimate of drug-likeness (QED) is 0.769. The summed E-state index contributed by atoms with van der Waals surface area (Å²) in [5, 5.41) is 0.00638. The van der Waals surface area contributed by atoms with E-state index in [-0.39, 0.29) is 23.8 Å². The molecule has 0 atom stereocenters. The summed E-state index contributed by atoms with van der Waals surface area (Å²) < 4.78 is 18.3. The van der Waals surface area contributed by atoms with E-state index in [4.69, 9.17) is 16.3 Å². The molecule has 0 fully saturated rings. The summed E-state index contributed by atoms with van der Waals surface area (Å²) in [4.78, 5) is 11.8. The Morgan fingerprint density at radius 2 is 1.89 bits per heavy atom. The molecule has 2 aromatic carbocycles. The van der Waals surface area contributed by atoms with Gasteiger partial charge >= 0.3 is 0 Å². The second-order valence-corrected chi connectivity index (χ2v) is 4.37. The van der Waals surface area contributed by atoms with Gasteiger partial charge in [0.15, 0.2) is 5.78 Å². The molecule has 0 radical (unpaired) electrons. The predicted molar refractivity (Wildman–Crippen MR) is 72.3 cm³/mol. The molecule has 0 N–H and O–H groups in total. The normalized spacial score (nSPS) is 10.2. The van der Waals surface area contributed by atoms with Crippen molar-refractivity contribution in [3.05, 3.63) is 64.9 Å². The highest BCUT2D eigenvalue weighted by molar-refractivity contribution is 6.30. The first kappa shape index (κ1) is 13.6. The van der Waals surface area contributed by atoms with E-state index in [1.807, 2.05) is 18.2 Å². The number of rotatable bonds is 5. The molecule has 4 heteroatoms. The van der Waals surface area contributed by atoms with E-state index in [1.54, 1.807) is 12.1 Å². The van der Waals surface area contributed by atoms with Crippen LogP contribution in [-0.4, -0.2) is 12.4 Å². The van der Waals surface area contributed by atoms with Crippen LogP contribution >= 0.6 is 11.6 Å². The van der Waals surface area contributed by atoms with Gasteiger partial charge in [-0.1, -0.05) is 41.9 Å². The minimum atomic E-state index is -0.491. The molecule has 2 nitrogen and oxygen atoms in total. The molecule has 2 aromatic rings. The Balaban J connectivity index is 1.87. The van der Waals surface area contributed by atoms with Crippen LogP contribution in [0.3, 0.4) is 0 Å². The van der Waals surface area contributed by atoms with Crippen LogP contribution in [0.1, 0.15) is 16.8 Å². The number of carbonyl (C=O) groups is 1. The third-order valence-electron chi connectivity index (χ3n) is 2.58. The lowest BCUT2D eigenvalue weighted by atomic mass is 10.1. The maximum Gasteiger partial charge on any atom is 0.166 e. The van der Waals surface area contributed by atoms with Crippen molar-refractivity contribution in [1.29, 1.82) is 0 Å². The SMILES string of the molecule is O=C(CCOc1ccc(F)c(Cl)c1)c1ccccc1. The summed E-state index contributed by atoms with van der Waals surface area (Å²) in [5.41, 5.74) is 0.656. The van der Waals surface area contributed by atoms with E-state index < -0.39 is 5.82 Å². The predicted octanol–water partition coefficient (Wildman–Crippen LogP) is 4.13. The molecule has 0 saturated heterocycles. The van der Waals surface area contributed by atoms with Gasteiger partial charge in [-0.25, -0.2) is 4.39 Å². The van der Waals surface area contributed by atoms with Crippen molar-refractivity contribution in [1.82, 2.24) is 0 Å². The van der Waals surface area contributed by atoms with E-state index in [1.165, 1.54) is 18.2 Å². The first-order valence-corrected chi connectivity index (χ1v) is 6.21. The van der Waals surface area contributed by atoms with Gasteiger partial charge in [0.25, 0.3) is 0 Å². The van der Waals surface area contributed by atoms with Gasteiger partial charge in [0.2, 0.25) is 0 Å². The van der Waals surface area contributed by atoms with E-state index in [0.29, 0.717) is 11.3 Å². The van der Waals surface area contributed by atoms with Crippen LogP contribution in [0, 0.1) is 5.82 Å². The maximum absolute atomic E-state index is 12.9. The van der Waals surface area contributed by atoms with E-state index >= 15 is 0 Å². The third-order valence-corrected chi connectivity index (χ3v) is 2.87. The molecule has 0 spiro atoms. The number of Topliss-reactive ketones (excluding diaryl/α,β-unsaturated/α-hetero) is 1. The van der Waals surface area contributed by atoms with Crippen molar-refractivity contribution in [2.75, 3.05) is 6.61 Å². The van der Waals surface area contributed by atoms with E-state index in [0.717, 1.165) is 0 Å². The zero-order valence-electron chi connectivity index (χ0n) is 10.1. The molecule has 0 saturated carbocycles. The maximum atomic E-state index is 12.9. The average molecular weight is 279 g/mol. The number of carbonyl (C=O) groups excluding carboxylic acids is 1. The Hall–Kier alpha value is -1.87. The van der Waals surface area contributed by atoms with Crippen molar-refractivity contribution in [3.8, 4) is 5.75 Å². The lowest BCUT2D eigenvalue weighted by molar-refractivity contribution is 0.0962. The summed E-state index contributed by atoms with van der Waals surface area (Å²) >= 11 is 5.63. The van der Waals surface area contributed by atoms with Gasteiger partial charge in [-0.15, -0.1) is 0 Å². The minimum Gasteiger partial charge on any atom is -0.493 e. The summed E-state index contributed by atoms with van der Waals surface area (Å²) in [6.07, 6.45) is 0.263. The Morgan fingerprint density at radius 3 is 2.58 bits per heavy atom. The standard InChI is InChI=1S/C15H12ClFO2/c16-13-10-12(6-7-14(13)17)19-9-8-15(18)11-4-2-1-3-5-11/h1-7,10H,8-9H2. The Labute approximate surface area is 115 Å². The monoisotopic (exact) mass is 278 g/mol. The molecule has 0 aromatic heterocycles. The van der Waals surface area contributed by atoms with Gasteiger partial charge in [-0.2, -0.15) is 0 Å². The van der Waals surface area contributed by atoms with Gasteiger partial charge in [0, 0.05) is 18.1 Å². The average Bonchev–Trinajstić information content (AvgIpc) is 2.43. The molecule has 0 bridgehead atoms. The molecule has 0 unspecified atom stereocenters. The summed E-state index contributed by atoms with van der Waals surface area (Å²) in [6.45, 7) is 0.232. The second kappa shape index (κ2) is 6.34. The van der Waals surface area contributed by atoms with Gasteiger partial charge in [0.1, 0.15) is 11.6 Å². The van der Waals surface area contributed by atoms with Crippen LogP contribution in [0.4, 0.5) is 4.39 Å². The highest BCUT2D eigenvalue weighted by Crippen LogP contribution is 2.21. The first-order chi connectivity index (χ1) is 9.16.